The van der Waals surface area contributed by atoms with Gasteiger partial charge in [-0.3, -0.25) is 0 Å². The molecule has 0 bridgehead atoms. The molecule has 0 saturated carbocycles. The lowest BCUT2D eigenvalue weighted by Crippen LogP contribution is -2.27. The molecule has 4 nitrogen and oxygen atoms in total. The zero-order valence-electron chi connectivity index (χ0n) is 10.9. The molecular weight excluding hydrogens is 218 g/mol. The molecule has 0 aromatic carbocycles. The largest absolute Gasteiger partial charge is 0.468 e. The number of ether oxygens (including phenoxy) is 2. The Balaban J connectivity index is 1.96. The lowest BCUT2D eigenvalue weighted by atomic mass is 10.4. The fourth-order valence-electron chi connectivity index (χ4n) is 1.40. The van der Waals surface area contributed by atoms with Crippen molar-refractivity contribution in [2.24, 2.45) is 0 Å². The van der Waals surface area contributed by atoms with E-state index in [2.05, 4.69) is 5.32 Å². The standard InChI is InChI=1S/C13H23NO3/c1-11(2)15-7-8-16-12(3)9-14-10-13-5-4-6-17-13/h4-6,11-12,14H,7-10H2,1-3H3. The molecule has 1 aromatic heterocycles. The summed E-state index contributed by atoms with van der Waals surface area (Å²) in [5, 5.41) is 3.28. The van der Waals surface area contributed by atoms with Crippen LogP contribution < -0.4 is 5.32 Å². The predicted molar refractivity (Wildman–Crippen MR) is 66.9 cm³/mol. The van der Waals surface area contributed by atoms with E-state index in [1.165, 1.54) is 0 Å². The van der Waals surface area contributed by atoms with Crippen molar-refractivity contribution < 1.29 is 13.9 Å². The van der Waals surface area contributed by atoms with Crippen molar-refractivity contribution in [3.63, 3.8) is 0 Å². The summed E-state index contributed by atoms with van der Waals surface area (Å²) < 4.78 is 16.2. The highest BCUT2D eigenvalue weighted by molar-refractivity contribution is 4.97. The molecule has 0 aliphatic rings. The Hall–Kier alpha value is -0.840. The third kappa shape index (κ3) is 7.15. The minimum atomic E-state index is 0.181. The van der Waals surface area contributed by atoms with Crippen LogP contribution in [-0.2, 0) is 16.0 Å². The quantitative estimate of drug-likeness (QED) is 0.673. The van der Waals surface area contributed by atoms with Gasteiger partial charge in [0, 0.05) is 6.54 Å². The summed E-state index contributed by atoms with van der Waals surface area (Å²) in [6.07, 6.45) is 2.13. The zero-order valence-corrected chi connectivity index (χ0v) is 10.9. The topological polar surface area (TPSA) is 43.6 Å². The molecule has 1 aromatic rings. The van der Waals surface area contributed by atoms with Crippen LogP contribution >= 0.6 is 0 Å². The fourth-order valence-corrected chi connectivity index (χ4v) is 1.40. The average molecular weight is 241 g/mol. The molecular formula is C13H23NO3. The molecule has 0 amide bonds. The van der Waals surface area contributed by atoms with E-state index >= 15 is 0 Å². The zero-order chi connectivity index (χ0) is 12.5. The van der Waals surface area contributed by atoms with Gasteiger partial charge in [-0.05, 0) is 32.9 Å². The van der Waals surface area contributed by atoms with Gasteiger partial charge >= 0.3 is 0 Å². The van der Waals surface area contributed by atoms with E-state index in [4.69, 9.17) is 13.9 Å². The molecule has 17 heavy (non-hydrogen) atoms. The summed E-state index contributed by atoms with van der Waals surface area (Å²) in [6.45, 7) is 8.93. The van der Waals surface area contributed by atoms with Crippen LogP contribution in [0, 0.1) is 0 Å². The van der Waals surface area contributed by atoms with Crippen molar-refractivity contribution in [3.05, 3.63) is 24.2 Å². The second-order valence-corrected chi connectivity index (χ2v) is 4.31. The van der Waals surface area contributed by atoms with Gasteiger partial charge in [0.2, 0.25) is 0 Å². The molecule has 1 atom stereocenters. The SMILES string of the molecule is CC(C)OCCOC(C)CNCc1ccco1. The third-order valence-electron chi connectivity index (χ3n) is 2.25. The minimum absolute atomic E-state index is 0.181. The van der Waals surface area contributed by atoms with Gasteiger partial charge < -0.3 is 19.2 Å². The van der Waals surface area contributed by atoms with Crippen molar-refractivity contribution in [2.45, 2.75) is 39.5 Å². The molecule has 0 saturated heterocycles. The first-order valence-electron chi connectivity index (χ1n) is 6.14. The van der Waals surface area contributed by atoms with Crippen LogP contribution in [0.1, 0.15) is 26.5 Å². The van der Waals surface area contributed by atoms with E-state index < -0.39 is 0 Å². The number of rotatable bonds is 9. The molecule has 1 rings (SSSR count). The monoisotopic (exact) mass is 241 g/mol. The van der Waals surface area contributed by atoms with Crippen LogP contribution in [0.2, 0.25) is 0 Å². The molecule has 1 N–H and O–H groups in total. The van der Waals surface area contributed by atoms with E-state index in [0.29, 0.717) is 13.2 Å². The van der Waals surface area contributed by atoms with Gasteiger partial charge in [0.15, 0.2) is 0 Å². The van der Waals surface area contributed by atoms with Crippen LogP contribution in [-0.4, -0.2) is 32.0 Å². The van der Waals surface area contributed by atoms with Gasteiger partial charge in [0.05, 0.1) is 38.2 Å². The second-order valence-electron chi connectivity index (χ2n) is 4.31. The summed E-state index contributed by atoms with van der Waals surface area (Å²) in [4.78, 5) is 0. The first kappa shape index (κ1) is 14.2. The molecule has 0 radical (unpaired) electrons. The minimum Gasteiger partial charge on any atom is -0.468 e. The molecule has 0 aliphatic heterocycles. The summed E-state index contributed by atoms with van der Waals surface area (Å²) in [5.74, 6) is 0.945. The maximum Gasteiger partial charge on any atom is 0.117 e. The first-order valence-corrected chi connectivity index (χ1v) is 6.14. The predicted octanol–water partition coefficient (Wildman–Crippen LogP) is 2.20. The number of hydrogen-bond donors (Lipinski definition) is 1. The number of hydrogen-bond acceptors (Lipinski definition) is 4. The lowest BCUT2D eigenvalue weighted by molar-refractivity contribution is -0.00625. The summed E-state index contributed by atoms with van der Waals surface area (Å²) >= 11 is 0. The van der Waals surface area contributed by atoms with Gasteiger partial charge in [-0.1, -0.05) is 0 Å². The van der Waals surface area contributed by atoms with Gasteiger partial charge in [0.25, 0.3) is 0 Å². The van der Waals surface area contributed by atoms with Gasteiger partial charge in [-0.15, -0.1) is 0 Å². The van der Waals surface area contributed by atoms with E-state index in [9.17, 15) is 0 Å². The highest BCUT2D eigenvalue weighted by Gasteiger charge is 2.02. The summed E-state index contributed by atoms with van der Waals surface area (Å²) in [7, 11) is 0. The number of furan rings is 1. The van der Waals surface area contributed by atoms with Crippen LogP contribution in [0.5, 0.6) is 0 Å². The highest BCUT2D eigenvalue weighted by Crippen LogP contribution is 1.99. The molecule has 1 heterocycles. The van der Waals surface area contributed by atoms with Gasteiger partial charge in [-0.2, -0.15) is 0 Å². The average Bonchev–Trinajstić information content (AvgIpc) is 2.77. The Morgan fingerprint density at radius 3 is 2.65 bits per heavy atom. The molecule has 0 spiro atoms. The molecule has 4 heteroatoms. The van der Waals surface area contributed by atoms with Crippen molar-refractivity contribution in [1.29, 1.82) is 0 Å². The normalized spacial score (nSPS) is 13.2. The molecule has 98 valence electrons. The van der Waals surface area contributed by atoms with Crippen LogP contribution in [0.4, 0.5) is 0 Å². The molecule has 0 fully saturated rings. The second kappa shape index (κ2) is 8.28. The molecule has 0 aliphatic carbocycles. The maximum atomic E-state index is 5.59. The Labute approximate surface area is 103 Å². The van der Waals surface area contributed by atoms with Crippen molar-refractivity contribution in [1.82, 2.24) is 5.32 Å². The van der Waals surface area contributed by atoms with Crippen LogP contribution in [0.25, 0.3) is 0 Å². The Morgan fingerprint density at radius 1 is 1.24 bits per heavy atom. The Kier molecular flexibility index (Phi) is 6.93. The van der Waals surface area contributed by atoms with E-state index in [1.807, 2.05) is 32.9 Å². The van der Waals surface area contributed by atoms with Gasteiger partial charge in [0.1, 0.15) is 5.76 Å². The van der Waals surface area contributed by atoms with Crippen molar-refractivity contribution in [2.75, 3.05) is 19.8 Å². The van der Waals surface area contributed by atoms with Gasteiger partial charge in [-0.25, -0.2) is 0 Å². The Morgan fingerprint density at radius 2 is 2.00 bits per heavy atom. The van der Waals surface area contributed by atoms with Crippen molar-refractivity contribution >= 4 is 0 Å². The molecule has 1 unspecified atom stereocenters. The lowest BCUT2D eigenvalue weighted by Gasteiger charge is -2.14. The van der Waals surface area contributed by atoms with E-state index in [1.54, 1.807) is 6.26 Å². The first-order chi connectivity index (χ1) is 8.18. The van der Waals surface area contributed by atoms with E-state index in [-0.39, 0.29) is 12.2 Å². The smallest absolute Gasteiger partial charge is 0.117 e. The maximum absolute atomic E-state index is 5.59. The third-order valence-corrected chi connectivity index (χ3v) is 2.25. The van der Waals surface area contributed by atoms with E-state index in [0.717, 1.165) is 18.8 Å². The number of nitrogens with one attached hydrogen (secondary N) is 1. The van der Waals surface area contributed by atoms with Crippen LogP contribution in [0.15, 0.2) is 22.8 Å². The van der Waals surface area contributed by atoms with Crippen molar-refractivity contribution in [3.8, 4) is 0 Å². The Bertz CT molecular complexity index is 272. The summed E-state index contributed by atoms with van der Waals surface area (Å²) in [6, 6.07) is 3.84. The summed E-state index contributed by atoms with van der Waals surface area (Å²) in [5.41, 5.74) is 0. The fraction of sp³-hybridized carbons (Fsp3) is 0.692. The highest BCUT2D eigenvalue weighted by atomic mass is 16.5. The van der Waals surface area contributed by atoms with Crippen LogP contribution in [0.3, 0.4) is 0 Å².